The third-order valence-electron chi connectivity index (χ3n) is 4.32. The van der Waals surface area contributed by atoms with Gasteiger partial charge < -0.3 is 15.2 Å². The van der Waals surface area contributed by atoms with E-state index in [4.69, 9.17) is 9.84 Å². The molecule has 0 atom stereocenters. The molecule has 144 valence electrons. The lowest BCUT2D eigenvalue weighted by atomic mass is 10.1. The van der Waals surface area contributed by atoms with Crippen molar-refractivity contribution in [1.29, 1.82) is 0 Å². The van der Waals surface area contributed by atoms with Crippen molar-refractivity contribution >= 4 is 43.5 Å². The number of aliphatic carboxylic acids is 1. The minimum atomic E-state index is -0.834. The van der Waals surface area contributed by atoms with E-state index in [-0.39, 0.29) is 18.8 Å². The van der Waals surface area contributed by atoms with E-state index >= 15 is 0 Å². The number of anilines is 1. The molecule has 3 rings (SSSR count). The van der Waals surface area contributed by atoms with Crippen LogP contribution in [0.25, 0.3) is 0 Å². The molecule has 1 aliphatic rings. The minimum absolute atomic E-state index is 0.0685. The van der Waals surface area contributed by atoms with E-state index in [9.17, 15) is 9.18 Å². The van der Waals surface area contributed by atoms with Crippen LogP contribution in [0.15, 0.2) is 39.3 Å². The Balaban J connectivity index is 1.66. The summed E-state index contributed by atoms with van der Waals surface area (Å²) in [5.41, 5.74) is 2.39. The summed E-state index contributed by atoms with van der Waals surface area (Å²) < 4.78 is 21.2. The highest BCUT2D eigenvalue weighted by Gasteiger charge is 2.20. The van der Waals surface area contributed by atoms with Gasteiger partial charge in [0, 0.05) is 18.7 Å². The lowest BCUT2D eigenvalue weighted by molar-refractivity contribution is -0.136. The number of carboxylic acid groups (broad SMARTS) is 1. The standard InChI is InChI=1S/C20H20Br2FNO3/c21-17-7-13(3-4-19(25)26)8-18(22)20(17)27-11-14-5-15(23)9-16(6-14)24-10-12-1-2-12/h5-9,12,24H,1-4,10-11H2,(H,25,26). The molecule has 0 saturated heterocycles. The second kappa shape index (κ2) is 9.06. The van der Waals surface area contributed by atoms with Gasteiger partial charge in [0.15, 0.2) is 0 Å². The Morgan fingerprint density at radius 3 is 2.48 bits per heavy atom. The number of ether oxygens (including phenoxy) is 1. The first kappa shape index (κ1) is 20.1. The average molecular weight is 501 g/mol. The summed E-state index contributed by atoms with van der Waals surface area (Å²) >= 11 is 6.93. The number of halogens is 3. The van der Waals surface area contributed by atoms with Gasteiger partial charge in [0.25, 0.3) is 0 Å². The zero-order valence-electron chi connectivity index (χ0n) is 14.6. The summed E-state index contributed by atoms with van der Waals surface area (Å²) in [5, 5.41) is 12.1. The molecule has 1 aliphatic carbocycles. The molecule has 0 bridgehead atoms. The van der Waals surface area contributed by atoms with E-state index < -0.39 is 5.97 Å². The highest BCUT2D eigenvalue weighted by Crippen LogP contribution is 2.36. The van der Waals surface area contributed by atoms with Gasteiger partial charge in [-0.3, -0.25) is 4.79 Å². The van der Waals surface area contributed by atoms with Crippen LogP contribution in [0.1, 0.15) is 30.4 Å². The van der Waals surface area contributed by atoms with E-state index in [0.717, 1.165) is 32.3 Å². The molecule has 27 heavy (non-hydrogen) atoms. The number of rotatable bonds is 9. The van der Waals surface area contributed by atoms with Crippen LogP contribution in [0.4, 0.5) is 10.1 Å². The van der Waals surface area contributed by atoms with Crippen molar-refractivity contribution in [3.05, 3.63) is 56.2 Å². The summed E-state index contributed by atoms with van der Waals surface area (Å²) in [4.78, 5) is 10.7. The predicted molar refractivity (Wildman–Crippen MR) is 110 cm³/mol. The highest BCUT2D eigenvalue weighted by molar-refractivity contribution is 9.11. The molecular weight excluding hydrogens is 481 g/mol. The van der Waals surface area contributed by atoms with Crippen LogP contribution in [-0.2, 0) is 17.8 Å². The second-order valence-electron chi connectivity index (χ2n) is 6.74. The maximum absolute atomic E-state index is 13.9. The summed E-state index contributed by atoms with van der Waals surface area (Å²) in [7, 11) is 0. The Hall–Kier alpha value is -1.60. The fourth-order valence-electron chi connectivity index (χ4n) is 2.72. The fourth-order valence-corrected chi connectivity index (χ4v) is 4.23. The molecule has 0 spiro atoms. The zero-order chi connectivity index (χ0) is 19.4. The smallest absolute Gasteiger partial charge is 0.303 e. The molecule has 7 heteroatoms. The highest BCUT2D eigenvalue weighted by atomic mass is 79.9. The second-order valence-corrected chi connectivity index (χ2v) is 8.45. The van der Waals surface area contributed by atoms with Crippen molar-refractivity contribution in [2.75, 3.05) is 11.9 Å². The largest absolute Gasteiger partial charge is 0.487 e. The predicted octanol–water partition coefficient (Wildman–Crippen LogP) is 5.77. The van der Waals surface area contributed by atoms with Crippen molar-refractivity contribution in [3.8, 4) is 5.75 Å². The molecule has 0 radical (unpaired) electrons. The van der Waals surface area contributed by atoms with Crippen molar-refractivity contribution in [1.82, 2.24) is 0 Å². The van der Waals surface area contributed by atoms with Crippen molar-refractivity contribution < 1.29 is 19.0 Å². The number of benzene rings is 2. The fraction of sp³-hybridized carbons (Fsp3) is 0.350. The number of hydrogen-bond donors (Lipinski definition) is 2. The number of hydrogen-bond acceptors (Lipinski definition) is 3. The van der Waals surface area contributed by atoms with Gasteiger partial charge in [0.1, 0.15) is 18.2 Å². The van der Waals surface area contributed by atoms with E-state index in [1.54, 1.807) is 0 Å². The Labute approximate surface area is 174 Å². The summed E-state index contributed by atoms with van der Waals surface area (Å²) in [6, 6.07) is 8.54. The van der Waals surface area contributed by atoms with E-state index in [1.165, 1.54) is 25.0 Å². The van der Waals surface area contributed by atoms with Gasteiger partial charge in [0.05, 0.1) is 8.95 Å². The van der Waals surface area contributed by atoms with Gasteiger partial charge in [-0.2, -0.15) is 0 Å². The Morgan fingerprint density at radius 2 is 1.85 bits per heavy atom. The van der Waals surface area contributed by atoms with Crippen molar-refractivity contribution in [3.63, 3.8) is 0 Å². The SMILES string of the molecule is O=C(O)CCc1cc(Br)c(OCc2cc(F)cc(NCC3CC3)c2)c(Br)c1. The van der Waals surface area contributed by atoms with Gasteiger partial charge in [0.2, 0.25) is 0 Å². The topological polar surface area (TPSA) is 58.6 Å². The van der Waals surface area contributed by atoms with Crippen LogP contribution < -0.4 is 10.1 Å². The first-order chi connectivity index (χ1) is 12.9. The van der Waals surface area contributed by atoms with Crippen molar-refractivity contribution in [2.45, 2.75) is 32.3 Å². The molecule has 1 fully saturated rings. The van der Waals surface area contributed by atoms with Crippen LogP contribution >= 0.6 is 31.9 Å². The lowest BCUT2D eigenvalue weighted by Gasteiger charge is -2.13. The molecular formula is C20H20Br2FNO3. The van der Waals surface area contributed by atoms with Crippen LogP contribution in [0.3, 0.4) is 0 Å². The van der Waals surface area contributed by atoms with Crippen LogP contribution in [0.2, 0.25) is 0 Å². The molecule has 0 unspecified atom stereocenters. The number of aryl methyl sites for hydroxylation is 1. The van der Waals surface area contributed by atoms with Gasteiger partial charge >= 0.3 is 5.97 Å². The van der Waals surface area contributed by atoms with Crippen LogP contribution in [0, 0.1) is 11.7 Å². The maximum Gasteiger partial charge on any atom is 0.303 e. The van der Waals surface area contributed by atoms with E-state index in [2.05, 4.69) is 37.2 Å². The van der Waals surface area contributed by atoms with Gasteiger partial charge in [-0.25, -0.2) is 4.39 Å². The number of nitrogens with one attached hydrogen (secondary N) is 1. The molecule has 4 nitrogen and oxygen atoms in total. The summed E-state index contributed by atoms with van der Waals surface area (Å²) in [6.07, 6.45) is 2.98. The zero-order valence-corrected chi connectivity index (χ0v) is 17.8. The summed E-state index contributed by atoms with van der Waals surface area (Å²) in [6.45, 7) is 1.10. The quantitative estimate of drug-likeness (QED) is 0.459. The third kappa shape index (κ3) is 6.21. The number of carbonyl (C=O) groups is 1. The van der Waals surface area contributed by atoms with Crippen LogP contribution in [0.5, 0.6) is 5.75 Å². The summed E-state index contributed by atoms with van der Waals surface area (Å²) in [5.74, 6) is 0.182. The molecule has 0 aliphatic heterocycles. The molecule has 1 saturated carbocycles. The van der Waals surface area contributed by atoms with Gasteiger partial charge in [-0.1, -0.05) is 0 Å². The van der Waals surface area contributed by atoms with Crippen molar-refractivity contribution in [2.24, 2.45) is 5.92 Å². The number of carboxylic acids is 1. The monoisotopic (exact) mass is 499 g/mol. The first-order valence-corrected chi connectivity index (χ1v) is 10.3. The third-order valence-corrected chi connectivity index (χ3v) is 5.50. The Morgan fingerprint density at radius 1 is 1.15 bits per heavy atom. The molecule has 2 aromatic carbocycles. The van der Waals surface area contributed by atoms with E-state index in [1.807, 2.05) is 18.2 Å². The van der Waals surface area contributed by atoms with Crippen LogP contribution in [-0.4, -0.2) is 17.6 Å². The molecule has 0 aromatic heterocycles. The molecule has 2 aromatic rings. The Kier molecular flexibility index (Phi) is 6.76. The van der Waals surface area contributed by atoms with Gasteiger partial charge in [-0.05, 0) is 98.5 Å². The maximum atomic E-state index is 13.9. The molecule has 0 amide bonds. The lowest BCUT2D eigenvalue weighted by Crippen LogP contribution is -2.05. The minimum Gasteiger partial charge on any atom is -0.487 e. The van der Waals surface area contributed by atoms with Gasteiger partial charge in [-0.15, -0.1) is 0 Å². The normalized spacial score (nSPS) is 13.4. The molecule has 2 N–H and O–H groups in total. The first-order valence-electron chi connectivity index (χ1n) is 8.76. The molecule has 0 heterocycles. The Bertz CT molecular complexity index is 817. The van der Waals surface area contributed by atoms with E-state index in [0.29, 0.717) is 18.1 Å². The average Bonchev–Trinajstić information content (AvgIpc) is 3.41.